The van der Waals surface area contributed by atoms with Crippen LogP contribution in [0, 0.1) is 0 Å². The lowest BCUT2D eigenvalue weighted by atomic mass is 9.94. The van der Waals surface area contributed by atoms with E-state index < -0.39 is 23.8 Å². The molecule has 4 aromatic rings. The van der Waals surface area contributed by atoms with E-state index in [1.54, 1.807) is 30.3 Å². The second-order valence-corrected chi connectivity index (χ2v) is 11.3. The van der Waals surface area contributed by atoms with Gasteiger partial charge in [-0.25, -0.2) is 4.98 Å². The van der Waals surface area contributed by atoms with Gasteiger partial charge in [0.1, 0.15) is 5.82 Å². The Bertz CT molecular complexity index is 1710. The molecule has 1 unspecified atom stereocenters. The van der Waals surface area contributed by atoms with Gasteiger partial charge in [-0.1, -0.05) is 54.1 Å². The van der Waals surface area contributed by atoms with Crippen molar-refractivity contribution in [3.8, 4) is 11.1 Å². The first kappa shape index (κ1) is 28.2. The van der Waals surface area contributed by atoms with E-state index in [4.69, 9.17) is 16.6 Å². The zero-order valence-corrected chi connectivity index (χ0v) is 23.2. The summed E-state index contributed by atoms with van der Waals surface area (Å²) in [5.41, 5.74) is 2.01. The van der Waals surface area contributed by atoms with Crippen molar-refractivity contribution in [1.82, 2.24) is 14.9 Å². The van der Waals surface area contributed by atoms with Crippen LogP contribution in [-0.4, -0.2) is 32.4 Å². The van der Waals surface area contributed by atoms with Gasteiger partial charge >= 0.3 is 6.18 Å². The number of aromatic amines is 1. The van der Waals surface area contributed by atoms with Gasteiger partial charge in [-0.05, 0) is 78.3 Å². The molecular formula is C32H27ClF3N3O3. The Morgan fingerprint density at radius 3 is 2.45 bits per heavy atom. The first-order valence-corrected chi connectivity index (χ1v) is 14.1. The molecule has 1 saturated carbocycles. The topological polar surface area (TPSA) is 86.3 Å². The lowest BCUT2D eigenvalue weighted by molar-refractivity contribution is -0.141. The van der Waals surface area contributed by atoms with Crippen LogP contribution in [0.25, 0.3) is 11.1 Å². The summed E-state index contributed by atoms with van der Waals surface area (Å²) in [4.78, 5) is 36.0. The summed E-state index contributed by atoms with van der Waals surface area (Å²) in [5, 5.41) is 11.6. The molecule has 2 N–H and O–H groups in total. The minimum atomic E-state index is -4.44. The molecule has 0 radical (unpaired) electrons. The van der Waals surface area contributed by atoms with E-state index >= 15 is 0 Å². The van der Waals surface area contributed by atoms with Gasteiger partial charge in [-0.2, -0.15) is 13.2 Å². The van der Waals surface area contributed by atoms with E-state index in [1.165, 1.54) is 17.0 Å². The maximum atomic E-state index is 13.4. The Hall–Kier alpha value is -3.95. The number of alkyl halides is 3. The molecule has 1 aromatic heterocycles. The van der Waals surface area contributed by atoms with E-state index in [9.17, 15) is 27.9 Å². The van der Waals surface area contributed by atoms with Gasteiger partial charge in [0.25, 0.3) is 11.5 Å². The number of nitrogens with zero attached hydrogens (tertiary/aromatic N) is 2. The Morgan fingerprint density at radius 2 is 1.76 bits per heavy atom. The number of carbonyl (C=O) groups excluding carboxylic acids is 1. The molecule has 1 aliphatic heterocycles. The quantitative estimate of drug-likeness (QED) is 0.289. The number of H-pyrrole nitrogens is 1. The highest BCUT2D eigenvalue weighted by Crippen LogP contribution is 2.52. The van der Waals surface area contributed by atoms with E-state index in [0.717, 1.165) is 30.5 Å². The fourth-order valence-corrected chi connectivity index (χ4v) is 5.86. The van der Waals surface area contributed by atoms with Crippen LogP contribution in [0.15, 0.2) is 77.6 Å². The van der Waals surface area contributed by atoms with Crippen molar-refractivity contribution in [1.29, 1.82) is 0 Å². The smallest absolute Gasteiger partial charge is 0.378 e. The first-order chi connectivity index (χ1) is 20.0. The monoisotopic (exact) mass is 593 g/mol. The summed E-state index contributed by atoms with van der Waals surface area (Å²) in [6, 6.07) is 18.8. The van der Waals surface area contributed by atoms with Crippen molar-refractivity contribution in [2.75, 3.05) is 6.54 Å². The average molecular weight is 594 g/mol. The number of carbonyl (C=O) groups is 1. The Kier molecular flexibility index (Phi) is 7.19. The highest BCUT2D eigenvalue weighted by molar-refractivity contribution is 6.30. The van der Waals surface area contributed by atoms with E-state index in [1.807, 2.05) is 18.2 Å². The number of benzene rings is 3. The van der Waals surface area contributed by atoms with Crippen molar-refractivity contribution in [3.05, 3.63) is 122 Å². The van der Waals surface area contributed by atoms with Gasteiger partial charge in [-0.3, -0.25) is 9.59 Å². The van der Waals surface area contributed by atoms with E-state index in [2.05, 4.69) is 4.98 Å². The summed E-state index contributed by atoms with van der Waals surface area (Å²) >= 11 is 6.22. The predicted octanol–water partition coefficient (Wildman–Crippen LogP) is 6.20. The van der Waals surface area contributed by atoms with Crippen molar-refractivity contribution >= 4 is 17.5 Å². The number of amides is 1. The maximum Gasteiger partial charge on any atom is 0.416 e. The van der Waals surface area contributed by atoms with Gasteiger partial charge in [-0.15, -0.1) is 0 Å². The van der Waals surface area contributed by atoms with Crippen LogP contribution in [-0.2, 0) is 29.4 Å². The first-order valence-electron chi connectivity index (χ1n) is 13.7. The average Bonchev–Trinajstić information content (AvgIpc) is 3.81. The summed E-state index contributed by atoms with van der Waals surface area (Å²) < 4.78 is 38.9. The largest absolute Gasteiger partial charge is 0.416 e. The maximum absolute atomic E-state index is 13.4. The second-order valence-electron chi connectivity index (χ2n) is 10.9. The number of fused-ring (bicyclic) bond motifs is 1. The minimum Gasteiger partial charge on any atom is -0.378 e. The van der Waals surface area contributed by atoms with E-state index in [-0.39, 0.29) is 17.5 Å². The summed E-state index contributed by atoms with van der Waals surface area (Å²) in [6.07, 6.45) is -3.18. The highest BCUT2D eigenvalue weighted by atomic mass is 35.5. The fraction of sp³-hybridized carbons (Fsp3) is 0.281. The number of aryl methyl sites for hydroxylation is 1. The SMILES string of the molecule is O=C(C(O)c1cccc(-c2ccc(C(F)(F)F)cc2)c1)N1CCCc2nc(C3(c4cccc(Cl)c4)CC3)[nH]c(=O)c2C1. The molecule has 1 fully saturated rings. The highest BCUT2D eigenvalue weighted by Gasteiger charge is 2.49. The third-order valence-electron chi connectivity index (χ3n) is 8.17. The van der Waals surface area contributed by atoms with Crippen molar-refractivity contribution < 1.29 is 23.1 Å². The normalized spacial score (nSPS) is 16.8. The van der Waals surface area contributed by atoms with Crippen molar-refractivity contribution in [2.24, 2.45) is 0 Å². The molecule has 0 saturated heterocycles. The number of nitrogens with one attached hydrogen (secondary N) is 1. The third kappa shape index (κ3) is 5.34. The fourth-order valence-electron chi connectivity index (χ4n) is 5.67. The number of aromatic nitrogens is 2. The van der Waals surface area contributed by atoms with Crippen LogP contribution in [0.2, 0.25) is 5.02 Å². The molecule has 6 nitrogen and oxygen atoms in total. The van der Waals surface area contributed by atoms with E-state index in [0.29, 0.717) is 58.2 Å². The van der Waals surface area contributed by atoms with Gasteiger partial charge in [0.2, 0.25) is 0 Å². The number of hydrogen-bond donors (Lipinski definition) is 2. The molecule has 6 rings (SSSR count). The number of hydrogen-bond acceptors (Lipinski definition) is 4. The number of halogens is 4. The standard InChI is InChI=1S/C32H27ClF3N3O3/c33-24-7-2-6-23(17-24)31(13-14-31)30-37-26-8-3-15-39(18-25(26)28(41)38-30)29(42)27(40)21-5-1-4-20(16-21)19-9-11-22(12-10-19)32(34,35)36/h1-2,4-7,9-12,16-17,27,40H,3,8,13-15,18H2,(H,37,38,41). The molecule has 2 heterocycles. The molecule has 42 heavy (non-hydrogen) atoms. The van der Waals surface area contributed by atoms with Crippen molar-refractivity contribution in [2.45, 2.75) is 49.9 Å². The van der Waals surface area contributed by atoms with Crippen LogP contribution in [0.1, 0.15) is 59.1 Å². The molecular weight excluding hydrogens is 567 g/mol. The second kappa shape index (κ2) is 10.7. The molecule has 3 aromatic carbocycles. The minimum absolute atomic E-state index is 0.0105. The van der Waals surface area contributed by atoms with Crippen LogP contribution in [0.3, 0.4) is 0 Å². The Morgan fingerprint density at radius 1 is 1.02 bits per heavy atom. The summed E-state index contributed by atoms with van der Waals surface area (Å²) in [5.74, 6) is 0.0434. The molecule has 0 bridgehead atoms. The van der Waals surface area contributed by atoms with Crippen molar-refractivity contribution in [3.63, 3.8) is 0 Å². The van der Waals surface area contributed by atoms with Crippen LogP contribution in [0.5, 0.6) is 0 Å². The van der Waals surface area contributed by atoms with Gasteiger partial charge in [0, 0.05) is 11.6 Å². The molecule has 1 atom stereocenters. The zero-order chi connectivity index (χ0) is 29.6. The summed E-state index contributed by atoms with van der Waals surface area (Å²) in [7, 11) is 0. The van der Waals surface area contributed by atoms with Gasteiger partial charge in [0.05, 0.1) is 28.8 Å². The molecule has 10 heteroatoms. The van der Waals surface area contributed by atoms with Crippen LogP contribution in [0.4, 0.5) is 13.2 Å². The lowest BCUT2D eigenvalue weighted by Crippen LogP contribution is -2.36. The molecule has 216 valence electrons. The number of rotatable bonds is 5. The van der Waals surface area contributed by atoms with Crippen LogP contribution < -0.4 is 5.56 Å². The molecule has 2 aliphatic rings. The number of aliphatic hydroxyl groups excluding tert-OH is 1. The summed E-state index contributed by atoms with van der Waals surface area (Å²) in [6.45, 7) is 0.343. The molecule has 1 amide bonds. The zero-order valence-electron chi connectivity index (χ0n) is 22.4. The Balaban J connectivity index is 1.22. The predicted molar refractivity (Wildman–Crippen MR) is 152 cm³/mol. The molecule has 1 aliphatic carbocycles. The lowest BCUT2D eigenvalue weighted by Gasteiger charge is -2.24. The molecule has 0 spiro atoms. The van der Waals surface area contributed by atoms with Crippen LogP contribution >= 0.6 is 11.6 Å². The number of aliphatic hydroxyl groups is 1. The Labute approximate surface area is 244 Å². The van der Waals surface area contributed by atoms with Gasteiger partial charge < -0.3 is 15.0 Å². The third-order valence-corrected chi connectivity index (χ3v) is 8.40. The van der Waals surface area contributed by atoms with Gasteiger partial charge in [0.15, 0.2) is 6.10 Å².